The van der Waals surface area contributed by atoms with Crippen LogP contribution in [0.2, 0.25) is 0 Å². The van der Waals surface area contributed by atoms with Gasteiger partial charge in [-0.25, -0.2) is 0 Å². The van der Waals surface area contributed by atoms with Gasteiger partial charge in [0.05, 0.1) is 10.4 Å². The van der Waals surface area contributed by atoms with Crippen LogP contribution in [0.3, 0.4) is 0 Å². The summed E-state index contributed by atoms with van der Waals surface area (Å²) in [5, 5.41) is 2.05. The lowest BCUT2D eigenvalue weighted by Gasteiger charge is -2.30. The van der Waals surface area contributed by atoms with Crippen molar-refractivity contribution < 1.29 is 4.79 Å². The van der Waals surface area contributed by atoms with Gasteiger partial charge in [-0.2, -0.15) is 0 Å². The van der Waals surface area contributed by atoms with Crippen molar-refractivity contribution in [1.82, 2.24) is 4.90 Å². The van der Waals surface area contributed by atoms with Crippen LogP contribution in [-0.4, -0.2) is 30.3 Å². The molecule has 0 aliphatic heterocycles. The molecule has 1 heterocycles. The van der Waals surface area contributed by atoms with Gasteiger partial charge in [0, 0.05) is 0 Å². The van der Waals surface area contributed by atoms with Crippen LogP contribution in [0.15, 0.2) is 41.8 Å². The highest BCUT2D eigenvalue weighted by molar-refractivity contribution is 7.12. The molecule has 0 N–H and O–H groups in total. The Labute approximate surface area is 118 Å². The molecular weight excluding hydrogens is 254 g/mol. The summed E-state index contributed by atoms with van der Waals surface area (Å²) >= 11 is 1.52. The molecular formula is C16H19NOS. The Balaban J connectivity index is 2.30. The smallest absolute Gasteiger partial charge is 0.192 e. The SMILES string of the molecule is CN(C)C(C)(C)C(=O)c1cc(-c2ccccc2)cs1. The van der Waals surface area contributed by atoms with Gasteiger partial charge < -0.3 is 0 Å². The van der Waals surface area contributed by atoms with E-state index in [0.717, 1.165) is 16.0 Å². The van der Waals surface area contributed by atoms with Crippen molar-refractivity contribution in [3.05, 3.63) is 46.7 Å². The lowest BCUT2D eigenvalue weighted by Crippen LogP contribution is -2.45. The lowest BCUT2D eigenvalue weighted by atomic mass is 9.96. The average molecular weight is 273 g/mol. The molecule has 19 heavy (non-hydrogen) atoms. The Bertz CT molecular complexity index is 569. The molecule has 0 fully saturated rings. The fraction of sp³-hybridized carbons (Fsp3) is 0.312. The van der Waals surface area contributed by atoms with Crippen molar-refractivity contribution in [1.29, 1.82) is 0 Å². The number of benzene rings is 1. The molecule has 0 unspecified atom stereocenters. The normalized spacial score (nSPS) is 11.8. The third kappa shape index (κ3) is 2.77. The van der Waals surface area contributed by atoms with Gasteiger partial charge in [-0.3, -0.25) is 9.69 Å². The van der Waals surface area contributed by atoms with Crippen LogP contribution < -0.4 is 0 Å². The molecule has 0 aliphatic rings. The number of carbonyl (C=O) groups excluding carboxylic acids is 1. The number of likely N-dealkylation sites (N-methyl/N-ethyl adjacent to an activating group) is 1. The molecule has 0 amide bonds. The summed E-state index contributed by atoms with van der Waals surface area (Å²) < 4.78 is 0. The van der Waals surface area contributed by atoms with Crippen molar-refractivity contribution in [2.45, 2.75) is 19.4 Å². The first-order valence-corrected chi connectivity index (χ1v) is 7.17. The quantitative estimate of drug-likeness (QED) is 0.786. The highest BCUT2D eigenvalue weighted by atomic mass is 32.1. The Morgan fingerprint density at radius 2 is 1.74 bits per heavy atom. The first-order chi connectivity index (χ1) is 8.93. The molecule has 1 aromatic carbocycles. The van der Waals surface area contributed by atoms with Crippen molar-refractivity contribution in [3.8, 4) is 11.1 Å². The first-order valence-electron chi connectivity index (χ1n) is 6.29. The van der Waals surface area contributed by atoms with E-state index >= 15 is 0 Å². The van der Waals surface area contributed by atoms with Gasteiger partial charge in [-0.15, -0.1) is 11.3 Å². The first kappa shape index (κ1) is 14.0. The number of rotatable bonds is 4. The number of nitrogens with zero attached hydrogens (tertiary/aromatic N) is 1. The molecule has 0 aliphatic carbocycles. The summed E-state index contributed by atoms with van der Waals surface area (Å²) in [5.41, 5.74) is 1.79. The molecule has 3 heteroatoms. The Hall–Kier alpha value is -1.45. The summed E-state index contributed by atoms with van der Waals surface area (Å²) in [6, 6.07) is 12.1. The summed E-state index contributed by atoms with van der Waals surface area (Å²) in [4.78, 5) is 15.3. The van der Waals surface area contributed by atoms with Crippen molar-refractivity contribution >= 4 is 17.1 Å². The number of thiophene rings is 1. The van der Waals surface area contributed by atoms with E-state index in [4.69, 9.17) is 0 Å². The number of Topliss-reactive ketones (excluding diaryl/α,β-unsaturated/α-hetero) is 1. The highest BCUT2D eigenvalue weighted by Crippen LogP contribution is 2.28. The molecule has 0 bridgehead atoms. The minimum atomic E-state index is -0.473. The van der Waals surface area contributed by atoms with Crippen LogP contribution >= 0.6 is 11.3 Å². The van der Waals surface area contributed by atoms with E-state index < -0.39 is 5.54 Å². The number of carbonyl (C=O) groups is 1. The minimum absolute atomic E-state index is 0.171. The topological polar surface area (TPSA) is 20.3 Å². The van der Waals surface area contributed by atoms with E-state index in [9.17, 15) is 4.79 Å². The van der Waals surface area contributed by atoms with Crippen LogP contribution in [0.4, 0.5) is 0 Å². The zero-order chi connectivity index (χ0) is 14.0. The monoisotopic (exact) mass is 273 g/mol. The molecule has 0 saturated carbocycles. The van der Waals surface area contributed by atoms with Gasteiger partial charge in [-0.1, -0.05) is 30.3 Å². The fourth-order valence-corrected chi connectivity index (χ4v) is 2.75. The zero-order valence-electron chi connectivity index (χ0n) is 11.8. The minimum Gasteiger partial charge on any atom is -0.297 e. The van der Waals surface area contributed by atoms with Crippen LogP contribution in [0.25, 0.3) is 11.1 Å². The van der Waals surface area contributed by atoms with Gasteiger partial charge in [0.1, 0.15) is 0 Å². The molecule has 0 saturated heterocycles. The molecule has 100 valence electrons. The Morgan fingerprint density at radius 1 is 1.11 bits per heavy atom. The number of hydrogen-bond donors (Lipinski definition) is 0. The highest BCUT2D eigenvalue weighted by Gasteiger charge is 2.31. The second kappa shape index (κ2) is 5.27. The van der Waals surface area contributed by atoms with E-state index in [-0.39, 0.29) is 5.78 Å². The molecule has 0 atom stereocenters. The second-order valence-corrected chi connectivity index (χ2v) is 6.26. The average Bonchev–Trinajstić information content (AvgIpc) is 2.88. The molecule has 2 nitrogen and oxygen atoms in total. The van der Waals surface area contributed by atoms with E-state index in [1.54, 1.807) is 0 Å². The summed E-state index contributed by atoms with van der Waals surface area (Å²) in [6.45, 7) is 3.91. The van der Waals surface area contributed by atoms with E-state index in [1.807, 2.05) is 62.5 Å². The Kier molecular flexibility index (Phi) is 3.88. The molecule has 2 aromatic rings. The summed E-state index contributed by atoms with van der Waals surface area (Å²) in [7, 11) is 3.87. The van der Waals surface area contributed by atoms with Gasteiger partial charge in [0.25, 0.3) is 0 Å². The lowest BCUT2D eigenvalue weighted by molar-refractivity contribution is 0.0760. The fourth-order valence-electron chi connectivity index (χ4n) is 1.74. The van der Waals surface area contributed by atoms with Crippen LogP contribution in [0, 0.1) is 0 Å². The maximum absolute atomic E-state index is 12.5. The van der Waals surface area contributed by atoms with E-state index in [0.29, 0.717) is 0 Å². The Morgan fingerprint density at radius 3 is 2.32 bits per heavy atom. The molecule has 2 rings (SSSR count). The zero-order valence-corrected chi connectivity index (χ0v) is 12.6. The van der Waals surface area contributed by atoms with Gasteiger partial charge in [0.2, 0.25) is 0 Å². The summed E-state index contributed by atoms with van der Waals surface area (Å²) in [5.74, 6) is 0.171. The van der Waals surface area contributed by atoms with E-state index in [2.05, 4.69) is 12.1 Å². The predicted molar refractivity (Wildman–Crippen MR) is 81.9 cm³/mol. The van der Waals surface area contributed by atoms with Crippen molar-refractivity contribution in [3.63, 3.8) is 0 Å². The largest absolute Gasteiger partial charge is 0.297 e. The van der Waals surface area contributed by atoms with E-state index in [1.165, 1.54) is 11.3 Å². The van der Waals surface area contributed by atoms with Crippen molar-refractivity contribution in [2.75, 3.05) is 14.1 Å². The summed E-state index contributed by atoms with van der Waals surface area (Å²) in [6.07, 6.45) is 0. The third-order valence-electron chi connectivity index (χ3n) is 3.60. The maximum Gasteiger partial charge on any atom is 0.192 e. The van der Waals surface area contributed by atoms with Crippen LogP contribution in [-0.2, 0) is 0 Å². The predicted octanol–water partition coefficient (Wildman–Crippen LogP) is 3.94. The molecule has 0 spiro atoms. The van der Waals surface area contributed by atoms with Crippen molar-refractivity contribution in [2.24, 2.45) is 0 Å². The second-order valence-electron chi connectivity index (χ2n) is 5.35. The molecule has 0 radical (unpaired) electrons. The number of ketones is 1. The molecule has 1 aromatic heterocycles. The third-order valence-corrected chi connectivity index (χ3v) is 4.53. The van der Waals surface area contributed by atoms with Crippen LogP contribution in [0.1, 0.15) is 23.5 Å². The van der Waals surface area contributed by atoms with Crippen LogP contribution in [0.5, 0.6) is 0 Å². The standard InChI is InChI=1S/C16H19NOS/c1-16(2,17(3)4)15(18)14-10-13(11-19-14)12-8-6-5-7-9-12/h5-11H,1-4H3. The van der Waals surface area contributed by atoms with Gasteiger partial charge in [-0.05, 0) is 50.5 Å². The van der Waals surface area contributed by atoms with Gasteiger partial charge in [0.15, 0.2) is 5.78 Å². The number of hydrogen-bond acceptors (Lipinski definition) is 3. The van der Waals surface area contributed by atoms with Gasteiger partial charge >= 0.3 is 0 Å². The maximum atomic E-state index is 12.5.